The summed E-state index contributed by atoms with van der Waals surface area (Å²) >= 11 is 0. The van der Waals surface area contributed by atoms with E-state index in [1.54, 1.807) is 0 Å². The molecule has 4 nitrogen and oxygen atoms in total. The molecule has 1 aromatic heterocycles. The van der Waals surface area contributed by atoms with Crippen molar-refractivity contribution in [2.45, 2.75) is 40.2 Å². The fourth-order valence-electron chi connectivity index (χ4n) is 3.67. The predicted octanol–water partition coefficient (Wildman–Crippen LogP) is 5.46. The third-order valence-corrected chi connectivity index (χ3v) is 5.13. The zero-order chi connectivity index (χ0) is 19.0. The molecular formula is C23H24N4. The molecule has 136 valence electrons. The van der Waals surface area contributed by atoms with Gasteiger partial charge in [0.15, 0.2) is 5.82 Å². The zero-order valence-corrected chi connectivity index (χ0v) is 16.2. The number of aromatic nitrogens is 2. The first-order valence-corrected chi connectivity index (χ1v) is 9.43. The summed E-state index contributed by atoms with van der Waals surface area (Å²) < 4.78 is 0. The number of aryl methyl sites for hydroxylation is 2. The van der Waals surface area contributed by atoms with Gasteiger partial charge in [0.25, 0.3) is 0 Å². The van der Waals surface area contributed by atoms with Gasteiger partial charge in [0.2, 0.25) is 0 Å². The SMILES string of the molecule is CCC1N=C(Nc2nc(-c3c(C)cccc3C)nc3ccccc23)C=C1C. The highest BCUT2D eigenvalue weighted by molar-refractivity contribution is 6.09. The molecule has 1 aliphatic heterocycles. The fourth-order valence-corrected chi connectivity index (χ4v) is 3.67. The quantitative estimate of drug-likeness (QED) is 0.678. The Bertz CT molecular complexity index is 1060. The van der Waals surface area contributed by atoms with Crippen LogP contribution < -0.4 is 5.32 Å². The Morgan fingerprint density at radius 2 is 1.67 bits per heavy atom. The van der Waals surface area contributed by atoms with Gasteiger partial charge in [-0.25, -0.2) is 9.97 Å². The number of hydrogen-bond acceptors (Lipinski definition) is 4. The Kier molecular flexibility index (Phi) is 4.48. The Morgan fingerprint density at radius 3 is 2.37 bits per heavy atom. The van der Waals surface area contributed by atoms with E-state index in [4.69, 9.17) is 15.0 Å². The number of benzene rings is 2. The molecule has 1 aliphatic rings. The van der Waals surface area contributed by atoms with Gasteiger partial charge in [0.1, 0.15) is 11.7 Å². The van der Waals surface area contributed by atoms with Crippen molar-refractivity contribution in [3.63, 3.8) is 0 Å². The molecule has 1 unspecified atom stereocenters. The van der Waals surface area contributed by atoms with Crippen LogP contribution in [0.3, 0.4) is 0 Å². The Morgan fingerprint density at radius 1 is 0.926 bits per heavy atom. The Labute approximate surface area is 160 Å². The third kappa shape index (κ3) is 3.23. The first-order chi connectivity index (χ1) is 13.1. The maximum absolute atomic E-state index is 4.90. The van der Waals surface area contributed by atoms with E-state index in [2.05, 4.69) is 63.4 Å². The number of nitrogens with one attached hydrogen (secondary N) is 1. The van der Waals surface area contributed by atoms with E-state index in [0.717, 1.165) is 40.4 Å². The molecule has 27 heavy (non-hydrogen) atoms. The number of fused-ring (bicyclic) bond motifs is 1. The van der Waals surface area contributed by atoms with Crippen LogP contribution in [0.25, 0.3) is 22.3 Å². The standard InChI is InChI=1S/C23H24N4/c1-5-18-16(4)13-20(24-18)26-22-17-11-6-7-12-19(17)25-23(27-22)21-14(2)9-8-10-15(21)3/h6-13,18H,5H2,1-4H3,(H,24,25,26,27). The highest BCUT2D eigenvalue weighted by atomic mass is 15.1. The minimum absolute atomic E-state index is 0.263. The second kappa shape index (κ2) is 6.95. The molecule has 0 saturated carbocycles. The average Bonchev–Trinajstić information content (AvgIpc) is 3.01. The van der Waals surface area contributed by atoms with Gasteiger partial charge in [-0.3, -0.25) is 4.99 Å². The smallest absolute Gasteiger partial charge is 0.162 e. The van der Waals surface area contributed by atoms with Crippen molar-refractivity contribution in [2.24, 2.45) is 4.99 Å². The van der Waals surface area contributed by atoms with E-state index in [0.29, 0.717) is 0 Å². The normalized spacial score (nSPS) is 16.4. The molecule has 4 rings (SSSR count). The summed E-state index contributed by atoms with van der Waals surface area (Å²) in [6, 6.07) is 14.7. The molecule has 1 atom stereocenters. The molecule has 3 aromatic rings. The summed E-state index contributed by atoms with van der Waals surface area (Å²) in [4.78, 5) is 14.5. The fraction of sp³-hybridized carbons (Fsp3) is 0.261. The molecular weight excluding hydrogens is 332 g/mol. The van der Waals surface area contributed by atoms with Crippen LogP contribution in [0.15, 0.2) is 59.1 Å². The molecule has 0 radical (unpaired) electrons. The number of para-hydroxylation sites is 1. The van der Waals surface area contributed by atoms with E-state index < -0.39 is 0 Å². The number of anilines is 1. The van der Waals surface area contributed by atoms with Crippen molar-refractivity contribution in [3.8, 4) is 11.4 Å². The van der Waals surface area contributed by atoms with Crippen LogP contribution in [-0.2, 0) is 0 Å². The summed E-state index contributed by atoms with van der Waals surface area (Å²) in [6.07, 6.45) is 3.12. The molecule has 0 fully saturated rings. The lowest BCUT2D eigenvalue weighted by Crippen LogP contribution is -2.11. The van der Waals surface area contributed by atoms with Crippen LogP contribution in [0.2, 0.25) is 0 Å². The van der Waals surface area contributed by atoms with Crippen LogP contribution >= 0.6 is 0 Å². The van der Waals surface area contributed by atoms with Gasteiger partial charge in [-0.05, 0) is 62.1 Å². The molecule has 0 spiro atoms. The topological polar surface area (TPSA) is 50.2 Å². The molecule has 4 heteroatoms. The lowest BCUT2D eigenvalue weighted by atomic mass is 10.0. The van der Waals surface area contributed by atoms with Gasteiger partial charge >= 0.3 is 0 Å². The maximum atomic E-state index is 4.90. The largest absolute Gasteiger partial charge is 0.325 e. The van der Waals surface area contributed by atoms with E-state index in [1.165, 1.54) is 16.7 Å². The number of aliphatic imine (C=N–C) groups is 1. The lowest BCUT2D eigenvalue weighted by Gasteiger charge is -2.13. The summed E-state index contributed by atoms with van der Waals surface area (Å²) in [7, 11) is 0. The molecule has 0 aliphatic carbocycles. The molecule has 0 amide bonds. The van der Waals surface area contributed by atoms with Crippen molar-refractivity contribution in [1.29, 1.82) is 0 Å². The predicted molar refractivity (Wildman–Crippen MR) is 113 cm³/mol. The van der Waals surface area contributed by atoms with E-state index in [1.807, 2.05) is 18.2 Å². The molecule has 2 aromatic carbocycles. The van der Waals surface area contributed by atoms with Gasteiger partial charge in [0.05, 0.1) is 11.6 Å². The van der Waals surface area contributed by atoms with Crippen LogP contribution in [-0.4, -0.2) is 21.8 Å². The monoisotopic (exact) mass is 356 g/mol. The van der Waals surface area contributed by atoms with Gasteiger partial charge in [-0.2, -0.15) is 0 Å². The van der Waals surface area contributed by atoms with Gasteiger partial charge < -0.3 is 5.32 Å². The van der Waals surface area contributed by atoms with Crippen molar-refractivity contribution in [2.75, 3.05) is 5.32 Å². The summed E-state index contributed by atoms with van der Waals surface area (Å²) in [5, 5.41) is 4.45. The average molecular weight is 356 g/mol. The number of amidine groups is 1. The number of nitrogens with zero attached hydrogens (tertiary/aromatic N) is 3. The van der Waals surface area contributed by atoms with Crippen LogP contribution in [0.1, 0.15) is 31.4 Å². The second-order valence-electron chi connectivity index (χ2n) is 7.13. The van der Waals surface area contributed by atoms with Gasteiger partial charge in [0, 0.05) is 10.9 Å². The highest BCUT2D eigenvalue weighted by Gasteiger charge is 2.18. The third-order valence-electron chi connectivity index (χ3n) is 5.13. The van der Waals surface area contributed by atoms with Crippen molar-refractivity contribution < 1.29 is 0 Å². The maximum Gasteiger partial charge on any atom is 0.162 e. The summed E-state index contributed by atoms with van der Waals surface area (Å²) in [5.74, 6) is 2.42. The zero-order valence-electron chi connectivity index (χ0n) is 16.2. The van der Waals surface area contributed by atoms with E-state index in [9.17, 15) is 0 Å². The minimum Gasteiger partial charge on any atom is -0.325 e. The number of rotatable bonds is 3. The molecule has 0 saturated heterocycles. The second-order valence-corrected chi connectivity index (χ2v) is 7.13. The Hall–Kier alpha value is -3.01. The van der Waals surface area contributed by atoms with Crippen molar-refractivity contribution in [3.05, 3.63) is 65.2 Å². The van der Waals surface area contributed by atoms with Crippen LogP contribution in [0, 0.1) is 13.8 Å². The van der Waals surface area contributed by atoms with Gasteiger partial charge in [-0.1, -0.05) is 37.3 Å². The molecule has 1 N–H and O–H groups in total. The van der Waals surface area contributed by atoms with Crippen molar-refractivity contribution >= 4 is 22.6 Å². The first-order valence-electron chi connectivity index (χ1n) is 9.43. The Balaban J connectivity index is 1.85. The lowest BCUT2D eigenvalue weighted by molar-refractivity contribution is 0.756. The van der Waals surface area contributed by atoms with Crippen LogP contribution in [0.5, 0.6) is 0 Å². The van der Waals surface area contributed by atoms with Crippen molar-refractivity contribution in [1.82, 2.24) is 9.97 Å². The number of hydrogen-bond donors (Lipinski definition) is 1. The van der Waals surface area contributed by atoms with Gasteiger partial charge in [-0.15, -0.1) is 0 Å². The van der Waals surface area contributed by atoms with E-state index in [-0.39, 0.29) is 6.04 Å². The highest BCUT2D eigenvalue weighted by Crippen LogP contribution is 2.29. The van der Waals surface area contributed by atoms with Crippen LogP contribution in [0.4, 0.5) is 5.82 Å². The minimum atomic E-state index is 0.263. The molecule has 2 heterocycles. The van der Waals surface area contributed by atoms with E-state index >= 15 is 0 Å². The summed E-state index contributed by atoms with van der Waals surface area (Å²) in [5.41, 5.74) is 5.66. The first kappa shape index (κ1) is 17.4. The molecule has 0 bridgehead atoms. The summed E-state index contributed by atoms with van der Waals surface area (Å²) in [6.45, 7) is 8.50.